The van der Waals surface area contributed by atoms with Gasteiger partial charge in [0.1, 0.15) is 16.6 Å². The van der Waals surface area contributed by atoms with Crippen LogP contribution >= 0.6 is 0 Å². The Kier molecular flexibility index (Phi) is 3.74. The second kappa shape index (κ2) is 5.31. The molecule has 0 saturated carbocycles. The molecule has 0 radical (unpaired) electrons. The molecular weight excluding hydrogens is 252 g/mol. The molecule has 1 amide bonds. The third kappa shape index (κ3) is 2.55. The predicted molar refractivity (Wildman–Crippen MR) is 65.3 cm³/mol. The van der Waals surface area contributed by atoms with Gasteiger partial charge in [-0.1, -0.05) is 0 Å². The first-order valence-corrected chi connectivity index (χ1v) is 5.60. The Hall–Kier alpha value is -2.03. The van der Waals surface area contributed by atoms with Gasteiger partial charge in [-0.25, -0.2) is 0 Å². The lowest BCUT2D eigenvalue weighted by atomic mass is 10.0. The fourth-order valence-electron chi connectivity index (χ4n) is 1.56. The number of aromatic nitrogens is 3. The van der Waals surface area contributed by atoms with E-state index in [0.717, 1.165) is 0 Å². The second-order valence-corrected chi connectivity index (χ2v) is 4.24. The Morgan fingerprint density at radius 3 is 2.42 bits per heavy atom. The summed E-state index contributed by atoms with van der Waals surface area (Å²) in [5, 5.41) is 40.0. The topological polar surface area (TPSA) is 131 Å². The summed E-state index contributed by atoms with van der Waals surface area (Å²) in [4.78, 5) is 12.0. The maximum absolute atomic E-state index is 12.0. The van der Waals surface area contributed by atoms with Crippen LogP contribution in [0.5, 0.6) is 0 Å². The van der Waals surface area contributed by atoms with Gasteiger partial charge in [-0.3, -0.25) is 4.79 Å². The van der Waals surface area contributed by atoms with E-state index in [4.69, 9.17) is 15.3 Å². The Balaban J connectivity index is 2.23. The summed E-state index contributed by atoms with van der Waals surface area (Å²) in [6, 6.07) is 4.67. The Morgan fingerprint density at radius 1 is 1.16 bits per heavy atom. The minimum absolute atomic E-state index is 0.293. The van der Waals surface area contributed by atoms with Crippen molar-refractivity contribution in [3.8, 4) is 0 Å². The van der Waals surface area contributed by atoms with E-state index >= 15 is 0 Å². The molecule has 2 rings (SSSR count). The normalized spacial score (nSPS) is 11.7. The quantitative estimate of drug-likeness (QED) is 0.443. The second-order valence-electron chi connectivity index (χ2n) is 4.24. The van der Waals surface area contributed by atoms with Crippen LogP contribution < -0.4 is 5.32 Å². The average Bonchev–Trinajstić information content (AvgIpc) is 2.92. The molecule has 1 aromatic heterocycles. The molecular formula is C11H14N4O4. The lowest BCUT2D eigenvalue weighted by molar-refractivity contribution is 0.0375. The molecule has 0 bridgehead atoms. The van der Waals surface area contributed by atoms with E-state index < -0.39 is 31.3 Å². The minimum Gasteiger partial charge on any atom is -0.394 e. The molecule has 0 atom stereocenters. The zero-order valence-corrected chi connectivity index (χ0v) is 10.00. The standard InChI is InChI=1S/C11H14N4O4/c16-4-11(5-17,6-18)12-10(19)7-1-2-8-9(3-7)14-15-13-8/h1-3,16-18H,4-6H2,(H,12,19)(H,13,14,15). The summed E-state index contributed by atoms with van der Waals surface area (Å²) in [6.45, 7) is -1.71. The van der Waals surface area contributed by atoms with Gasteiger partial charge < -0.3 is 20.6 Å². The third-order valence-corrected chi connectivity index (χ3v) is 2.87. The smallest absolute Gasteiger partial charge is 0.252 e. The fourth-order valence-corrected chi connectivity index (χ4v) is 1.56. The number of nitrogens with one attached hydrogen (secondary N) is 2. The van der Waals surface area contributed by atoms with Crippen molar-refractivity contribution < 1.29 is 20.1 Å². The fraction of sp³-hybridized carbons (Fsp3) is 0.364. The van der Waals surface area contributed by atoms with Crippen LogP contribution in [0.25, 0.3) is 11.0 Å². The monoisotopic (exact) mass is 266 g/mol. The first kappa shape index (κ1) is 13.4. The average molecular weight is 266 g/mol. The van der Waals surface area contributed by atoms with E-state index in [1.165, 1.54) is 12.1 Å². The van der Waals surface area contributed by atoms with Gasteiger partial charge in [-0.2, -0.15) is 15.4 Å². The Labute approximate surface area is 108 Å². The molecule has 19 heavy (non-hydrogen) atoms. The molecule has 0 saturated heterocycles. The van der Waals surface area contributed by atoms with Gasteiger partial charge >= 0.3 is 0 Å². The molecule has 5 N–H and O–H groups in total. The number of carbonyl (C=O) groups is 1. The van der Waals surface area contributed by atoms with Crippen LogP contribution in [0.1, 0.15) is 10.4 Å². The van der Waals surface area contributed by atoms with Crippen LogP contribution in [0.4, 0.5) is 0 Å². The van der Waals surface area contributed by atoms with Gasteiger partial charge in [0.15, 0.2) is 0 Å². The summed E-state index contributed by atoms with van der Waals surface area (Å²) in [7, 11) is 0. The maximum atomic E-state index is 12.0. The summed E-state index contributed by atoms with van der Waals surface area (Å²) >= 11 is 0. The van der Waals surface area contributed by atoms with Crippen molar-refractivity contribution in [2.45, 2.75) is 5.54 Å². The summed E-state index contributed by atoms with van der Waals surface area (Å²) in [6.07, 6.45) is 0. The van der Waals surface area contributed by atoms with Crippen molar-refractivity contribution >= 4 is 16.9 Å². The number of benzene rings is 1. The first-order valence-electron chi connectivity index (χ1n) is 5.60. The van der Waals surface area contributed by atoms with Crippen molar-refractivity contribution in [3.63, 3.8) is 0 Å². The SMILES string of the molecule is O=C(NC(CO)(CO)CO)c1ccc2n[nH]nc2c1. The van der Waals surface area contributed by atoms with Crippen molar-refractivity contribution in [3.05, 3.63) is 23.8 Å². The van der Waals surface area contributed by atoms with E-state index in [1.807, 2.05) is 0 Å². The van der Waals surface area contributed by atoms with Gasteiger partial charge in [-0.15, -0.1) is 0 Å². The summed E-state index contributed by atoms with van der Waals surface area (Å²) < 4.78 is 0. The van der Waals surface area contributed by atoms with Gasteiger partial charge in [0, 0.05) is 5.56 Å². The Morgan fingerprint density at radius 2 is 1.79 bits per heavy atom. The molecule has 0 unspecified atom stereocenters. The van der Waals surface area contributed by atoms with Gasteiger partial charge in [0.25, 0.3) is 5.91 Å². The highest BCUT2D eigenvalue weighted by Crippen LogP contribution is 2.12. The first-order chi connectivity index (χ1) is 9.14. The molecule has 0 fully saturated rings. The van der Waals surface area contributed by atoms with E-state index in [0.29, 0.717) is 16.6 Å². The van der Waals surface area contributed by atoms with Crippen LogP contribution in [0.15, 0.2) is 18.2 Å². The molecule has 1 aromatic carbocycles. The zero-order chi connectivity index (χ0) is 13.9. The molecule has 0 spiro atoms. The minimum atomic E-state index is -1.45. The summed E-state index contributed by atoms with van der Waals surface area (Å²) in [5.41, 5.74) is -0.0128. The van der Waals surface area contributed by atoms with E-state index in [-0.39, 0.29) is 0 Å². The van der Waals surface area contributed by atoms with Crippen LogP contribution in [-0.2, 0) is 0 Å². The number of hydrogen-bond acceptors (Lipinski definition) is 6. The lowest BCUT2D eigenvalue weighted by Crippen LogP contribution is -2.57. The molecule has 8 heteroatoms. The molecule has 0 aliphatic heterocycles. The van der Waals surface area contributed by atoms with Crippen molar-refractivity contribution in [1.29, 1.82) is 0 Å². The molecule has 102 valence electrons. The zero-order valence-electron chi connectivity index (χ0n) is 10.00. The number of H-pyrrole nitrogens is 1. The Bertz CT molecular complexity index is 571. The number of carbonyl (C=O) groups excluding carboxylic acids is 1. The van der Waals surface area contributed by atoms with Crippen molar-refractivity contribution in [2.75, 3.05) is 19.8 Å². The molecule has 0 aliphatic rings. The van der Waals surface area contributed by atoms with Crippen LogP contribution in [0, 0.1) is 0 Å². The maximum Gasteiger partial charge on any atom is 0.252 e. The van der Waals surface area contributed by atoms with E-state index in [1.54, 1.807) is 6.07 Å². The van der Waals surface area contributed by atoms with Gasteiger partial charge in [0.05, 0.1) is 19.8 Å². The van der Waals surface area contributed by atoms with Crippen LogP contribution in [0.2, 0.25) is 0 Å². The number of nitrogens with zero attached hydrogens (tertiary/aromatic N) is 2. The number of rotatable bonds is 5. The molecule has 1 heterocycles. The number of aromatic amines is 1. The van der Waals surface area contributed by atoms with Crippen LogP contribution in [-0.4, -0.2) is 62.0 Å². The molecule has 8 nitrogen and oxygen atoms in total. The summed E-state index contributed by atoms with van der Waals surface area (Å²) in [5.74, 6) is -0.526. The van der Waals surface area contributed by atoms with Gasteiger partial charge in [-0.05, 0) is 18.2 Å². The van der Waals surface area contributed by atoms with Crippen molar-refractivity contribution in [1.82, 2.24) is 20.7 Å². The largest absolute Gasteiger partial charge is 0.394 e. The molecule has 0 aliphatic carbocycles. The highest BCUT2D eigenvalue weighted by molar-refractivity contribution is 5.97. The van der Waals surface area contributed by atoms with Gasteiger partial charge in [0.2, 0.25) is 0 Å². The van der Waals surface area contributed by atoms with Crippen LogP contribution in [0.3, 0.4) is 0 Å². The number of amides is 1. The number of fused-ring (bicyclic) bond motifs is 1. The number of aliphatic hydroxyl groups excluding tert-OH is 3. The number of hydrogen-bond donors (Lipinski definition) is 5. The number of aliphatic hydroxyl groups is 3. The van der Waals surface area contributed by atoms with E-state index in [2.05, 4.69) is 20.7 Å². The third-order valence-electron chi connectivity index (χ3n) is 2.87. The predicted octanol–water partition coefficient (Wildman–Crippen LogP) is -1.60. The van der Waals surface area contributed by atoms with Crippen molar-refractivity contribution in [2.24, 2.45) is 0 Å². The lowest BCUT2D eigenvalue weighted by Gasteiger charge is -2.28. The highest BCUT2D eigenvalue weighted by atomic mass is 16.3. The van der Waals surface area contributed by atoms with E-state index in [9.17, 15) is 4.79 Å². The highest BCUT2D eigenvalue weighted by Gasteiger charge is 2.30. The molecule has 2 aromatic rings.